The molecule has 0 unspecified atom stereocenters. The zero-order valence-electron chi connectivity index (χ0n) is 16.9. The number of para-hydroxylation sites is 2. The second kappa shape index (κ2) is 7.59. The summed E-state index contributed by atoms with van der Waals surface area (Å²) in [4.78, 5) is 43.5. The molecule has 1 fully saturated rings. The van der Waals surface area contributed by atoms with Crippen LogP contribution in [0.4, 0.5) is 4.79 Å². The Hall–Kier alpha value is -3.59. The standard InChI is InChI=1S/C22H23N5O4/c28-20-23-16-3-1-2-4-18(16)26(20)15-8-11-25(12-9-15)10-7-14-5-6-17-19(13-14)27(22(30)31)21(29)24-17/h1-6,13,15H,7-12H2,(H,23,28)(H,24,29)(H,30,31). The third kappa shape index (κ3) is 3.46. The highest BCUT2D eigenvalue weighted by Crippen LogP contribution is 2.25. The molecule has 2 aromatic carbocycles. The minimum Gasteiger partial charge on any atom is -0.464 e. The van der Waals surface area contributed by atoms with Crippen LogP contribution in [0.25, 0.3) is 22.1 Å². The van der Waals surface area contributed by atoms with E-state index in [0.717, 1.165) is 60.1 Å². The van der Waals surface area contributed by atoms with Crippen molar-refractivity contribution in [1.82, 2.24) is 24.0 Å². The van der Waals surface area contributed by atoms with Crippen molar-refractivity contribution in [2.45, 2.75) is 25.3 Å². The van der Waals surface area contributed by atoms with Crippen LogP contribution in [0.2, 0.25) is 0 Å². The molecule has 0 spiro atoms. The Morgan fingerprint density at radius 3 is 2.45 bits per heavy atom. The molecule has 0 aliphatic carbocycles. The minimum absolute atomic E-state index is 0.0519. The summed E-state index contributed by atoms with van der Waals surface area (Å²) in [6.07, 6.45) is 1.27. The second-order valence-corrected chi connectivity index (χ2v) is 8.04. The van der Waals surface area contributed by atoms with Crippen molar-refractivity contribution in [3.05, 3.63) is 69.0 Å². The number of aromatic amines is 2. The Morgan fingerprint density at radius 1 is 0.968 bits per heavy atom. The van der Waals surface area contributed by atoms with E-state index in [1.54, 1.807) is 12.1 Å². The summed E-state index contributed by atoms with van der Waals surface area (Å²) in [6.45, 7) is 2.62. The van der Waals surface area contributed by atoms with Crippen LogP contribution in [0.5, 0.6) is 0 Å². The molecule has 0 radical (unpaired) electrons. The molecule has 0 bridgehead atoms. The van der Waals surface area contributed by atoms with E-state index in [-0.39, 0.29) is 11.7 Å². The number of piperidine rings is 1. The monoisotopic (exact) mass is 421 g/mol. The van der Waals surface area contributed by atoms with Crippen molar-refractivity contribution in [3.63, 3.8) is 0 Å². The van der Waals surface area contributed by atoms with E-state index in [1.165, 1.54) is 0 Å². The van der Waals surface area contributed by atoms with Crippen LogP contribution in [-0.4, -0.2) is 54.8 Å². The van der Waals surface area contributed by atoms with Gasteiger partial charge in [-0.25, -0.2) is 14.4 Å². The van der Waals surface area contributed by atoms with E-state index < -0.39 is 11.8 Å². The Morgan fingerprint density at radius 2 is 1.68 bits per heavy atom. The average molecular weight is 421 g/mol. The van der Waals surface area contributed by atoms with Gasteiger partial charge in [0.1, 0.15) is 0 Å². The van der Waals surface area contributed by atoms with Crippen molar-refractivity contribution in [2.75, 3.05) is 19.6 Å². The first-order valence-corrected chi connectivity index (χ1v) is 10.4. The van der Waals surface area contributed by atoms with E-state index in [0.29, 0.717) is 11.0 Å². The van der Waals surface area contributed by atoms with Gasteiger partial charge in [-0.2, -0.15) is 4.57 Å². The van der Waals surface area contributed by atoms with Gasteiger partial charge in [0.05, 0.1) is 22.1 Å². The Labute approximate surface area is 176 Å². The number of carbonyl (C=O) groups is 1. The maximum atomic E-state index is 12.4. The molecule has 3 heterocycles. The molecule has 9 heteroatoms. The summed E-state index contributed by atoms with van der Waals surface area (Å²) < 4.78 is 2.63. The van der Waals surface area contributed by atoms with Crippen LogP contribution in [0.1, 0.15) is 24.4 Å². The van der Waals surface area contributed by atoms with Crippen LogP contribution in [0, 0.1) is 0 Å². The summed E-state index contributed by atoms with van der Waals surface area (Å²) in [5, 5.41) is 9.27. The van der Waals surface area contributed by atoms with Gasteiger partial charge in [-0.05, 0) is 49.1 Å². The van der Waals surface area contributed by atoms with Gasteiger partial charge in [0.15, 0.2) is 0 Å². The predicted octanol–water partition coefficient (Wildman–Crippen LogP) is 2.38. The zero-order valence-corrected chi connectivity index (χ0v) is 16.9. The normalized spacial score (nSPS) is 15.7. The fraction of sp³-hybridized carbons (Fsp3) is 0.318. The Kier molecular flexibility index (Phi) is 4.74. The molecule has 1 saturated heterocycles. The lowest BCUT2D eigenvalue weighted by Gasteiger charge is -2.32. The molecule has 160 valence electrons. The van der Waals surface area contributed by atoms with Crippen molar-refractivity contribution < 1.29 is 9.90 Å². The van der Waals surface area contributed by atoms with Gasteiger partial charge in [-0.3, -0.25) is 4.57 Å². The van der Waals surface area contributed by atoms with Gasteiger partial charge < -0.3 is 20.0 Å². The molecule has 0 atom stereocenters. The quantitative estimate of drug-likeness (QED) is 0.468. The van der Waals surface area contributed by atoms with Gasteiger partial charge in [0, 0.05) is 25.7 Å². The summed E-state index contributed by atoms with van der Waals surface area (Å²) in [7, 11) is 0. The fourth-order valence-electron chi connectivity index (χ4n) is 4.62. The highest BCUT2D eigenvalue weighted by Gasteiger charge is 2.23. The first-order chi connectivity index (χ1) is 15.0. The summed E-state index contributed by atoms with van der Waals surface area (Å²) in [5.41, 5.74) is 3.01. The third-order valence-electron chi connectivity index (χ3n) is 6.20. The van der Waals surface area contributed by atoms with E-state index in [9.17, 15) is 19.5 Å². The van der Waals surface area contributed by atoms with Crippen molar-refractivity contribution >= 4 is 28.2 Å². The third-order valence-corrected chi connectivity index (χ3v) is 6.20. The molecular weight excluding hydrogens is 398 g/mol. The smallest absolute Gasteiger partial charge is 0.420 e. The lowest BCUT2D eigenvalue weighted by Crippen LogP contribution is -2.38. The molecule has 1 aliphatic rings. The molecule has 0 saturated carbocycles. The predicted molar refractivity (Wildman–Crippen MR) is 117 cm³/mol. The van der Waals surface area contributed by atoms with Crippen LogP contribution in [0.3, 0.4) is 0 Å². The number of hydrogen-bond acceptors (Lipinski definition) is 4. The zero-order chi connectivity index (χ0) is 21.5. The molecular formula is C22H23N5O4. The summed E-state index contributed by atoms with van der Waals surface area (Å²) in [6, 6.07) is 13.4. The van der Waals surface area contributed by atoms with Gasteiger partial charge in [-0.15, -0.1) is 0 Å². The molecule has 5 rings (SSSR count). The highest BCUT2D eigenvalue weighted by atomic mass is 16.4. The van der Waals surface area contributed by atoms with E-state index in [4.69, 9.17) is 0 Å². The molecule has 3 N–H and O–H groups in total. The average Bonchev–Trinajstić information content (AvgIpc) is 3.27. The minimum atomic E-state index is -1.29. The maximum absolute atomic E-state index is 12.4. The number of nitrogens with zero attached hydrogens (tertiary/aromatic N) is 3. The van der Waals surface area contributed by atoms with Gasteiger partial charge in [-0.1, -0.05) is 18.2 Å². The number of imidazole rings is 2. The lowest BCUT2D eigenvalue weighted by molar-refractivity contribution is 0.188. The Balaban J connectivity index is 1.26. The highest BCUT2D eigenvalue weighted by molar-refractivity contribution is 5.85. The van der Waals surface area contributed by atoms with Crippen molar-refractivity contribution in [1.29, 1.82) is 0 Å². The topological polar surface area (TPSA) is 116 Å². The number of aromatic nitrogens is 4. The van der Waals surface area contributed by atoms with Gasteiger partial charge in [0.2, 0.25) is 0 Å². The van der Waals surface area contributed by atoms with Crippen LogP contribution in [0.15, 0.2) is 52.1 Å². The SMILES string of the molecule is O=C(O)n1c(=O)[nH]c2ccc(CCN3CCC(n4c(=O)[nH]c5ccccc54)CC3)cc21. The molecule has 2 aromatic heterocycles. The van der Waals surface area contributed by atoms with Crippen molar-refractivity contribution in [2.24, 2.45) is 0 Å². The lowest BCUT2D eigenvalue weighted by atomic mass is 10.0. The molecule has 4 aromatic rings. The first-order valence-electron chi connectivity index (χ1n) is 10.4. The van der Waals surface area contributed by atoms with Gasteiger partial charge >= 0.3 is 17.5 Å². The number of hydrogen-bond donors (Lipinski definition) is 3. The number of rotatable bonds is 4. The van der Waals surface area contributed by atoms with Crippen LogP contribution < -0.4 is 11.4 Å². The number of nitrogens with one attached hydrogen (secondary N) is 2. The van der Waals surface area contributed by atoms with Crippen LogP contribution in [-0.2, 0) is 6.42 Å². The van der Waals surface area contributed by atoms with E-state index >= 15 is 0 Å². The number of benzene rings is 2. The van der Waals surface area contributed by atoms with E-state index in [1.807, 2.05) is 34.9 Å². The van der Waals surface area contributed by atoms with Gasteiger partial charge in [0.25, 0.3) is 0 Å². The Bertz CT molecular complexity index is 1380. The first kappa shape index (κ1) is 19.4. The van der Waals surface area contributed by atoms with E-state index in [2.05, 4.69) is 14.9 Å². The number of likely N-dealkylation sites (tertiary alicyclic amines) is 1. The maximum Gasteiger partial charge on any atom is 0.420 e. The fourth-order valence-corrected chi connectivity index (χ4v) is 4.62. The number of carboxylic acid groups (broad SMARTS) is 1. The molecule has 9 nitrogen and oxygen atoms in total. The second-order valence-electron chi connectivity index (χ2n) is 8.04. The van der Waals surface area contributed by atoms with Crippen LogP contribution >= 0.6 is 0 Å². The largest absolute Gasteiger partial charge is 0.464 e. The van der Waals surface area contributed by atoms with Crippen molar-refractivity contribution in [3.8, 4) is 0 Å². The summed E-state index contributed by atoms with van der Waals surface area (Å²) >= 11 is 0. The summed E-state index contributed by atoms with van der Waals surface area (Å²) in [5.74, 6) is 0. The molecule has 1 aliphatic heterocycles. The molecule has 31 heavy (non-hydrogen) atoms. The number of H-pyrrole nitrogens is 2. The molecule has 0 amide bonds. The number of fused-ring (bicyclic) bond motifs is 2.